The molecule has 0 unspecified atom stereocenters. The fourth-order valence-electron chi connectivity index (χ4n) is 1.43. The predicted molar refractivity (Wildman–Crippen MR) is 80.9 cm³/mol. The van der Waals surface area contributed by atoms with Crippen molar-refractivity contribution < 1.29 is 24.0 Å². The van der Waals surface area contributed by atoms with Gasteiger partial charge in [0.1, 0.15) is 6.54 Å². The van der Waals surface area contributed by atoms with E-state index in [1.54, 1.807) is 20.8 Å². The standard InChI is InChI=1S/C15H18N2O6/c1-15(2,3)12(18)9-23-13(19)8-16-14(20)10-5-4-6-11(7-10)17(21)22/h4-7H,8-9H2,1-3H3,(H,16,20). The maximum atomic E-state index is 11.8. The minimum Gasteiger partial charge on any atom is -0.456 e. The Morgan fingerprint density at radius 3 is 2.48 bits per heavy atom. The molecule has 8 heteroatoms. The molecular formula is C15H18N2O6. The lowest BCUT2D eigenvalue weighted by molar-refractivity contribution is -0.384. The number of ether oxygens (including phenoxy) is 1. The summed E-state index contributed by atoms with van der Waals surface area (Å²) in [4.78, 5) is 44.9. The number of esters is 1. The number of hydrogen-bond acceptors (Lipinski definition) is 6. The maximum Gasteiger partial charge on any atom is 0.325 e. The van der Waals surface area contributed by atoms with E-state index >= 15 is 0 Å². The van der Waals surface area contributed by atoms with Crippen LogP contribution in [0.3, 0.4) is 0 Å². The summed E-state index contributed by atoms with van der Waals surface area (Å²) in [6.45, 7) is 4.31. The second kappa shape index (κ2) is 7.48. The summed E-state index contributed by atoms with van der Waals surface area (Å²) < 4.78 is 4.77. The minimum absolute atomic E-state index is 0.0535. The van der Waals surface area contributed by atoms with Gasteiger partial charge in [0.05, 0.1) is 4.92 Å². The van der Waals surface area contributed by atoms with E-state index in [1.807, 2.05) is 0 Å². The van der Waals surface area contributed by atoms with Crippen LogP contribution in [0.2, 0.25) is 0 Å². The van der Waals surface area contributed by atoms with Crippen LogP contribution in [-0.2, 0) is 14.3 Å². The Bertz CT molecular complexity index is 633. The van der Waals surface area contributed by atoms with Crippen LogP contribution in [0.5, 0.6) is 0 Å². The zero-order valence-electron chi connectivity index (χ0n) is 13.1. The minimum atomic E-state index is -0.763. The molecule has 1 aromatic rings. The number of nitrogens with zero attached hydrogens (tertiary/aromatic N) is 1. The second-order valence-electron chi connectivity index (χ2n) is 5.82. The first-order valence-corrected chi connectivity index (χ1v) is 6.83. The van der Waals surface area contributed by atoms with Gasteiger partial charge in [-0.15, -0.1) is 0 Å². The van der Waals surface area contributed by atoms with Crippen molar-refractivity contribution >= 4 is 23.3 Å². The van der Waals surface area contributed by atoms with Gasteiger partial charge in [0.15, 0.2) is 12.4 Å². The summed E-state index contributed by atoms with van der Waals surface area (Å²) >= 11 is 0. The van der Waals surface area contributed by atoms with E-state index in [0.29, 0.717) is 0 Å². The molecule has 0 saturated heterocycles. The number of carbonyl (C=O) groups excluding carboxylic acids is 3. The molecule has 0 aromatic heterocycles. The van der Waals surface area contributed by atoms with E-state index < -0.39 is 28.8 Å². The number of amides is 1. The van der Waals surface area contributed by atoms with Gasteiger partial charge >= 0.3 is 5.97 Å². The van der Waals surface area contributed by atoms with Gasteiger partial charge in [0.25, 0.3) is 11.6 Å². The number of non-ortho nitro benzene ring substituents is 1. The third-order valence-electron chi connectivity index (χ3n) is 2.91. The average molecular weight is 322 g/mol. The van der Waals surface area contributed by atoms with E-state index in [0.717, 1.165) is 6.07 Å². The molecule has 0 aliphatic carbocycles. The first-order valence-electron chi connectivity index (χ1n) is 6.83. The number of ketones is 1. The monoisotopic (exact) mass is 322 g/mol. The second-order valence-corrected chi connectivity index (χ2v) is 5.82. The maximum absolute atomic E-state index is 11.8. The van der Waals surface area contributed by atoms with Crippen LogP contribution in [0.25, 0.3) is 0 Å². The molecule has 0 bridgehead atoms. The largest absolute Gasteiger partial charge is 0.456 e. The third kappa shape index (κ3) is 5.85. The Morgan fingerprint density at radius 1 is 1.26 bits per heavy atom. The van der Waals surface area contributed by atoms with E-state index in [2.05, 4.69) is 5.32 Å². The number of nitrogens with one attached hydrogen (secondary N) is 1. The van der Waals surface area contributed by atoms with E-state index in [9.17, 15) is 24.5 Å². The summed E-state index contributed by atoms with van der Waals surface area (Å²) in [5, 5.41) is 12.9. The van der Waals surface area contributed by atoms with Crippen LogP contribution >= 0.6 is 0 Å². The molecule has 0 fully saturated rings. The number of Topliss-reactive ketones (excluding diaryl/α,β-unsaturated/α-hetero) is 1. The van der Waals surface area contributed by atoms with Gasteiger partial charge in [-0.1, -0.05) is 26.8 Å². The highest BCUT2D eigenvalue weighted by Gasteiger charge is 2.22. The summed E-state index contributed by atoms with van der Waals surface area (Å²) in [6, 6.07) is 5.11. The van der Waals surface area contributed by atoms with Crippen molar-refractivity contribution in [3.8, 4) is 0 Å². The molecule has 124 valence electrons. The molecule has 0 atom stereocenters. The highest BCUT2D eigenvalue weighted by molar-refractivity contribution is 5.96. The molecule has 8 nitrogen and oxygen atoms in total. The van der Waals surface area contributed by atoms with Crippen molar-refractivity contribution in [1.82, 2.24) is 5.32 Å². The zero-order valence-corrected chi connectivity index (χ0v) is 13.1. The van der Waals surface area contributed by atoms with Gasteiger partial charge in [-0.05, 0) is 6.07 Å². The number of rotatable bonds is 6. The van der Waals surface area contributed by atoms with Crippen LogP contribution in [0.1, 0.15) is 31.1 Å². The third-order valence-corrected chi connectivity index (χ3v) is 2.91. The molecule has 1 aromatic carbocycles. The van der Waals surface area contributed by atoms with Crippen LogP contribution in [0.4, 0.5) is 5.69 Å². The van der Waals surface area contributed by atoms with Gasteiger partial charge < -0.3 is 10.1 Å². The predicted octanol–water partition coefficient (Wildman–Crippen LogP) is 1.48. The van der Waals surface area contributed by atoms with Gasteiger partial charge in [-0.25, -0.2) is 0 Å². The molecule has 1 amide bonds. The topological polar surface area (TPSA) is 116 Å². The molecule has 23 heavy (non-hydrogen) atoms. The van der Waals surface area contributed by atoms with Crippen molar-refractivity contribution in [3.05, 3.63) is 39.9 Å². The first kappa shape index (κ1) is 18.3. The van der Waals surface area contributed by atoms with E-state index in [-0.39, 0.29) is 23.6 Å². The number of benzene rings is 1. The molecule has 0 radical (unpaired) electrons. The van der Waals surface area contributed by atoms with E-state index in [1.165, 1.54) is 18.2 Å². The highest BCUT2D eigenvalue weighted by atomic mass is 16.6. The van der Waals surface area contributed by atoms with Gasteiger partial charge in [0.2, 0.25) is 0 Å². The Hall–Kier alpha value is -2.77. The molecular weight excluding hydrogens is 304 g/mol. The lowest BCUT2D eigenvalue weighted by Crippen LogP contribution is -2.33. The van der Waals surface area contributed by atoms with Crippen LogP contribution in [-0.4, -0.2) is 35.7 Å². The van der Waals surface area contributed by atoms with E-state index in [4.69, 9.17) is 4.74 Å². The molecule has 1 N–H and O–H groups in total. The number of hydrogen-bond donors (Lipinski definition) is 1. The Morgan fingerprint density at radius 2 is 1.91 bits per heavy atom. The van der Waals surface area contributed by atoms with Gasteiger partial charge in [-0.3, -0.25) is 24.5 Å². The molecule has 0 spiro atoms. The Labute approximate surface area is 133 Å². The fourth-order valence-corrected chi connectivity index (χ4v) is 1.43. The van der Waals surface area contributed by atoms with Crippen molar-refractivity contribution in [2.24, 2.45) is 5.41 Å². The number of carbonyl (C=O) groups is 3. The Balaban J connectivity index is 2.50. The fraction of sp³-hybridized carbons (Fsp3) is 0.400. The SMILES string of the molecule is CC(C)(C)C(=O)COC(=O)CNC(=O)c1cccc([N+](=O)[O-])c1. The molecule has 0 heterocycles. The quantitative estimate of drug-likeness (QED) is 0.482. The van der Waals surface area contributed by atoms with Gasteiger partial charge in [-0.2, -0.15) is 0 Å². The number of nitro benzene ring substituents is 1. The lowest BCUT2D eigenvalue weighted by atomic mass is 9.91. The molecule has 0 aliphatic rings. The summed E-state index contributed by atoms with van der Waals surface area (Å²) in [5.41, 5.74) is -0.791. The molecule has 1 rings (SSSR count). The Kier molecular flexibility index (Phi) is 5.94. The van der Waals surface area contributed by atoms with Crippen LogP contribution in [0.15, 0.2) is 24.3 Å². The normalized spacial score (nSPS) is 10.7. The highest BCUT2D eigenvalue weighted by Crippen LogP contribution is 2.14. The van der Waals surface area contributed by atoms with Crippen molar-refractivity contribution in [3.63, 3.8) is 0 Å². The molecule has 0 aliphatic heterocycles. The zero-order chi connectivity index (χ0) is 17.6. The summed E-state index contributed by atoms with van der Waals surface area (Å²) in [6.07, 6.45) is 0. The van der Waals surface area contributed by atoms with Crippen LogP contribution < -0.4 is 5.32 Å². The van der Waals surface area contributed by atoms with Crippen LogP contribution in [0, 0.1) is 15.5 Å². The smallest absolute Gasteiger partial charge is 0.325 e. The van der Waals surface area contributed by atoms with Crippen molar-refractivity contribution in [1.29, 1.82) is 0 Å². The average Bonchev–Trinajstić information content (AvgIpc) is 2.49. The van der Waals surface area contributed by atoms with Crippen molar-refractivity contribution in [2.45, 2.75) is 20.8 Å². The van der Waals surface area contributed by atoms with Gasteiger partial charge in [0, 0.05) is 23.1 Å². The number of nitro groups is 1. The van der Waals surface area contributed by atoms with Crippen molar-refractivity contribution in [2.75, 3.05) is 13.2 Å². The summed E-state index contributed by atoms with van der Waals surface area (Å²) in [7, 11) is 0. The molecule has 0 saturated carbocycles. The summed E-state index contributed by atoms with van der Waals surface area (Å²) in [5.74, 6) is -1.65. The lowest BCUT2D eigenvalue weighted by Gasteiger charge is -2.16. The first-order chi connectivity index (χ1) is 10.6.